The molecular formula is C37H46F3N3O5S3Si. The number of thioether (sulfide) groups is 1. The van der Waals surface area contributed by atoms with Gasteiger partial charge in [0.25, 0.3) is 18.2 Å². The Morgan fingerprint density at radius 3 is 1.85 bits per heavy atom. The van der Waals surface area contributed by atoms with Gasteiger partial charge in [0, 0.05) is 36.4 Å². The Kier molecular flexibility index (Phi) is 13.8. The number of primary sulfonamides is 1. The molecule has 0 bridgehead atoms. The number of nitrogens with two attached hydrogens (primary N) is 1. The summed E-state index contributed by atoms with van der Waals surface area (Å²) >= 11 is 1.46. The summed E-state index contributed by atoms with van der Waals surface area (Å²) in [6.07, 6.45) is 0.426. The van der Waals surface area contributed by atoms with Gasteiger partial charge in [0.05, 0.1) is 10.6 Å². The maximum Gasteiger partial charge on any atom is 0.501 e. The highest BCUT2D eigenvalue weighted by Crippen LogP contribution is 2.38. The van der Waals surface area contributed by atoms with Crippen molar-refractivity contribution in [2.75, 3.05) is 37.3 Å². The minimum atomic E-state index is -5.93. The van der Waals surface area contributed by atoms with Crippen LogP contribution < -0.4 is 20.8 Å². The third-order valence-electron chi connectivity index (χ3n) is 8.81. The lowest BCUT2D eigenvalue weighted by Crippen LogP contribution is -2.67. The first-order valence-electron chi connectivity index (χ1n) is 16.8. The van der Waals surface area contributed by atoms with Gasteiger partial charge >= 0.3 is 5.51 Å². The van der Waals surface area contributed by atoms with Crippen molar-refractivity contribution in [1.29, 1.82) is 0 Å². The zero-order valence-corrected chi connectivity index (χ0v) is 33.1. The number of anilines is 1. The third kappa shape index (κ3) is 10.1. The van der Waals surface area contributed by atoms with E-state index in [1.54, 1.807) is 0 Å². The van der Waals surface area contributed by atoms with Crippen LogP contribution in [-0.4, -0.2) is 73.6 Å². The first-order valence-corrected chi connectivity index (χ1v) is 22.7. The van der Waals surface area contributed by atoms with E-state index in [2.05, 4.69) is 55.3 Å². The highest BCUT2D eigenvalue weighted by atomic mass is 32.2. The smallest absolute Gasteiger partial charge is 0.406 e. The number of nitrogens with zero attached hydrogens (tertiary/aromatic N) is 1. The van der Waals surface area contributed by atoms with E-state index < -0.39 is 49.5 Å². The van der Waals surface area contributed by atoms with Crippen molar-refractivity contribution in [3.8, 4) is 0 Å². The van der Waals surface area contributed by atoms with Crippen LogP contribution in [0.15, 0.2) is 124 Å². The second-order valence-corrected chi connectivity index (χ2v) is 22.2. The van der Waals surface area contributed by atoms with Crippen molar-refractivity contribution >= 4 is 56.0 Å². The molecule has 4 rings (SSSR count). The van der Waals surface area contributed by atoms with Crippen LogP contribution in [0.1, 0.15) is 34.1 Å². The summed E-state index contributed by atoms with van der Waals surface area (Å²) < 4.78 is 97.8. The highest BCUT2D eigenvalue weighted by Gasteiger charge is 2.50. The van der Waals surface area contributed by atoms with Gasteiger partial charge in [-0.25, -0.2) is 22.0 Å². The normalized spacial score (nSPS) is 13.6. The van der Waals surface area contributed by atoms with Gasteiger partial charge in [-0.1, -0.05) is 107 Å². The fourth-order valence-corrected chi connectivity index (χ4v) is 13.2. The second-order valence-electron chi connectivity index (χ2n) is 13.4. The van der Waals surface area contributed by atoms with Crippen LogP contribution in [0.3, 0.4) is 0 Å². The molecule has 0 aromatic heterocycles. The summed E-state index contributed by atoms with van der Waals surface area (Å²) in [5, 5.41) is 10.3. The molecule has 0 saturated heterocycles. The Bertz CT molecular complexity index is 1930. The van der Waals surface area contributed by atoms with Gasteiger partial charge < -0.3 is 14.6 Å². The molecule has 1 atom stereocenters. The quantitative estimate of drug-likeness (QED) is 0.0921. The lowest BCUT2D eigenvalue weighted by atomic mass is 10.2. The topological polar surface area (TPSA) is 119 Å². The number of sulfonamides is 1. The molecule has 0 amide bonds. The first kappa shape index (κ1) is 41.6. The Morgan fingerprint density at radius 2 is 1.37 bits per heavy atom. The standard InChI is InChI=1S/C37H46F3N3O5S3Si/c1-5-43(25-26-48-52(36(2,3)4,32-17-11-7-12-18-32)33-19-13-8-14-20-33)24-23-29(28-49-30-15-9-6-10-16-30)42-34-22-21-31(51(41,46)47)27-35(34)50(44,45)37(38,39)40/h6-22,27,29,42H,5,23-26,28H2,1-4H3,(H2,41,46,47)/t29-/m1/s1. The van der Waals surface area contributed by atoms with Gasteiger partial charge in [-0.2, -0.15) is 13.2 Å². The molecular weight excluding hydrogens is 748 g/mol. The predicted octanol–water partition coefficient (Wildman–Crippen LogP) is 6.49. The number of hydrogen-bond acceptors (Lipinski definition) is 8. The Morgan fingerprint density at radius 1 is 0.827 bits per heavy atom. The SMILES string of the molecule is CCN(CCO[Si](c1ccccc1)(c1ccccc1)C(C)(C)C)CC[C@H](CSc1ccccc1)Nc1ccc(S(N)(=O)=O)cc1S(=O)(=O)C(F)(F)F. The van der Waals surface area contributed by atoms with E-state index in [-0.39, 0.29) is 10.7 Å². The van der Waals surface area contributed by atoms with E-state index in [4.69, 9.17) is 9.56 Å². The summed E-state index contributed by atoms with van der Waals surface area (Å²) in [6, 6.07) is 32.0. The van der Waals surface area contributed by atoms with Gasteiger partial charge in [-0.05, 0) is 58.7 Å². The van der Waals surface area contributed by atoms with Gasteiger partial charge in [-0.3, -0.25) is 0 Å². The van der Waals surface area contributed by atoms with Crippen LogP contribution in [-0.2, 0) is 24.3 Å². The molecule has 0 heterocycles. The summed E-state index contributed by atoms with van der Waals surface area (Å²) in [5.74, 6) is 0.378. The number of rotatable bonds is 17. The van der Waals surface area contributed by atoms with Crippen LogP contribution in [0.2, 0.25) is 5.04 Å². The fourth-order valence-electron chi connectivity index (χ4n) is 6.13. The summed E-state index contributed by atoms with van der Waals surface area (Å²) in [5.41, 5.74) is -6.03. The molecule has 8 nitrogen and oxygen atoms in total. The van der Waals surface area contributed by atoms with Crippen molar-refractivity contribution in [3.63, 3.8) is 0 Å². The van der Waals surface area contributed by atoms with E-state index in [0.717, 1.165) is 27.4 Å². The molecule has 0 unspecified atom stereocenters. The van der Waals surface area contributed by atoms with Crippen LogP contribution in [0.4, 0.5) is 18.9 Å². The summed E-state index contributed by atoms with van der Waals surface area (Å²) in [4.78, 5) is 1.17. The van der Waals surface area contributed by atoms with Crippen molar-refractivity contribution in [3.05, 3.63) is 109 Å². The van der Waals surface area contributed by atoms with E-state index in [0.29, 0.717) is 44.5 Å². The van der Waals surface area contributed by atoms with E-state index in [1.165, 1.54) is 11.8 Å². The molecule has 3 N–H and O–H groups in total. The average Bonchev–Trinajstić information content (AvgIpc) is 3.10. The van der Waals surface area contributed by atoms with Gasteiger partial charge in [-0.15, -0.1) is 11.8 Å². The minimum Gasteiger partial charge on any atom is -0.406 e. The lowest BCUT2D eigenvalue weighted by Gasteiger charge is -2.43. The molecule has 0 fully saturated rings. The third-order valence-corrected chi connectivity index (χ3v) is 17.5. The van der Waals surface area contributed by atoms with Crippen molar-refractivity contribution in [1.82, 2.24) is 4.90 Å². The Balaban J connectivity index is 1.59. The molecule has 0 radical (unpaired) electrons. The van der Waals surface area contributed by atoms with Gasteiger partial charge in [0.1, 0.15) is 4.90 Å². The average molecular weight is 794 g/mol. The van der Waals surface area contributed by atoms with E-state index in [9.17, 15) is 30.0 Å². The monoisotopic (exact) mass is 793 g/mol. The molecule has 4 aromatic rings. The number of nitrogens with one attached hydrogen (secondary N) is 1. The maximum atomic E-state index is 13.8. The second kappa shape index (κ2) is 17.3. The van der Waals surface area contributed by atoms with Crippen LogP contribution in [0.25, 0.3) is 0 Å². The Hall–Kier alpha value is -3.18. The van der Waals surface area contributed by atoms with Crippen molar-refractivity contribution in [2.24, 2.45) is 5.14 Å². The van der Waals surface area contributed by atoms with Crippen LogP contribution >= 0.6 is 11.8 Å². The molecule has 282 valence electrons. The zero-order chi connectivity index (χ0) is 38.2. The summed E-state index contributed by atoms with van der Waals surface area (Å²) in [7, 11) is -13.2. The first-order chi connectivity index (χ1) is 24.4. The number of sulfone groups is 1. The molecule has 4 aromatic carbocycles. The van der Waals surface area contributed by atoms with Gasteiger partial charge in [0.2, 0.25) is 10.0 Å². The largest absolute Gasteiger partial charge is 0.501 e. The molecule has 0 aliphatic heterocycles. The predicted molar refractivity (Wildman–Crippen MR) is 206 cm³/mol. The zero-order valence-electron chi connectivity index (χ0n) is 29.6. The molecule has 0 spiro atoms. The van der Waals surface area contributed by atoms with E-state index >= 15 is 0 Å². The molecule has 0 saturated carbocycles. The van der Waals surface area contributed by atoms with Crippen LogP contribution in [0, 0.1) is 0 Å². The van der Waals surface area contributed by atoms with Crippen molar-refractivity contribution in [2.45, 2.75) is 65.4 Å². The number of halogens is 3. The van der Waals surface area contributed by atoms with E-state index in [1.807, 2.05) is 73.7 Å². The Labute approximate surface area is 311 Å². The number of alkyl halides is 3. The molecule has 15 heteroatoms. The molecule has 52 heavy (non-hydrogen) atoms. The number of hydrogen-bond donors (Lipinski definition) is 2. The van der Waals surface area contributed by atoms with Crippen molar-refractivity contribution < 1.29 is 34.4 Å². The maximum absolute atomic E-state index is 13.8. The molecule has 0 aliphatic carbocycles. The minimum absolute atomic E-state index is 0.205. The highest BCUT2D eigenvalue weighted by molar-refractivity contribution is 7.99. The van der Waals surface area contributed by atoms with Gasteiger partial charge in [0.15, 0.2) is 0 Å². The molecule has 0 aliphatic rings. The number of likely N-dealkylation sites (N-methyl/N-ethyl adjacent to an activating group) is 1. The fraction of sp³-hybridized carbons (Fsp3) is 0.351. The lowest BCUT2D eigenvalue weighted by molar-refractivity contribution is -0.0435. The van der Waals surface area contributed by atoms with Crippen LogP contribution in [0.5, 0.6) is 0 Å². The number of benzene rings is 4. The summed E-state index contributed by atoms with van der Waals surface area (Å²) in [6.45, 7) is 10.8.